The molecule has 0 aliphatic rings. The molecule has 0 saturated carbocycles. The van der Waals surface area contributed by atoms with Gasteiger partial charge in [-0.3, -0.25) is 19.4 Å². The smallest absolute Gasteiger partial charge is 0.335 e. The summed E-state index contributed by atoms with van der Waals surface area (Å²) >= 11 is 7.37. The Labute approximate surface area is 251 Å². The third kappa shape index (κ3) is 8.29. The predicted octanol–water partition coefficient (Wildman–Crippen LogP) is 5.96. The lowest BCUT2D eigenvalue weighted by Crippen LogP contribution is -2.30. The largest absolute Gasteiger partial charge is 0.478 e. The van der Waals surface area contributed by atoms with Gasteiger partial charge in [0.15, 0.2) is 0 Å². The Morgan fingerprint density at radius 3 is 2.40 bits per heavy atom. The number of carbonyl (C=O) groups excluding carboxylic acids is 3. The first-order valence-electron chi connectivity index (χ1n) is 12.6. The van der Waals surface area contributed by atoms with Crippen LogP contribution in [0.5, 0.6) is 0 Å². The van der Waals surface area contributed by atoms with E-state index in [-0.39, 0.29) is 27.9 Å². The zero-order chi connectivity index (χ0) is 30.1. The minimum Gasteiger partial charge on any atom is -0.478 e. The minimum atomic E-state index is -1.14. The predicted molar refractivity (Wildman–Crippen MR) is 164 cm³/mol. The van der Waals surface area contributed by atoms with Crippen molar-refractivity contribution in [3.05, 3.63) is 125 Å². The number of nitrogens with one attached hydrogen (secondary N) is 3. The molecule has 0 aliphatic carbocycles. The van der Waals surface area contributed by atoms with E-state index in [0.29, 0.717) is 21.7 Å². The van der Waals surface area contributed by atoms with Crippen LogP contribution in [0.25, 0.3) is 6.08 Å². The Morgan fingerprint density at radius 1 is 0.905 bits per heavy atom. The van der Waals surface area contributed by atoms with Gasteiger partial charge < -0.3 is 21.1 Å². The van der Waals surface area contributed by atoms with Gasteiger partial charge in [-0.15, -0.1) is 11.8 Å². The van der Waals surface area contributed by atoms with Crippen LogP contribution < -0.4 is 16.0 Å². The van der Waals surface area contributed by atoms with E-state index >= 15 is 0 Å². The molecule has 4 aromatic rings. The fourth-order valence-corrected chi connectivity index (χ4v) is 4.75. The van der Waals surface area contributed by atoms with Crippen molar-refractivity contribution in [1.82, 2.24) is 10.3 Å². The lowest BCUT2D eigenvalue weighted by atomic mass is 10.2. The Morgan fingerprint density at radius 2 is 1.69 bits per heavy atom. The van der Waals surface area contributed by atoms with E-state index < -0.39 is 23.0 Å². The Balaban J connectivity index is 1.46. The molecule has 0 fully saturated rings. The summed E-state index contributed by atoms with van der Waals surface area (Å²) in [6.45, 7) is 1.69. The van der Waals surface area contributed by atoms with Gasteiger partial charge in [-0.25, -0.2) is 4.79 Å². The van der Waals surface area contributed by atoms with Crippen LogP contribution in [0.4, 0.5) is 11.4 Å². The maximum absolute atomic E-state index is 13.3. The van der Waals surface area contributed by atoms with E-state index in [1.807, 2.05) is 0 Å². The molecule has 0 spiro atoms. The van der Waals surface area contributed by atoms with Crippen molar-refractivity contribution in [3.63, 3.8) is 0 Å². The molecule has 212 valence electrons. The number of nitrogens with zero attached hydrogens (tertiary/aromatic N) is 1. The number of hydrogen-bond donors (Lipinski definition) is 4. The Bertz CT molecular complexity index is 1650. The topological polar surface area (TPSA) is 137 Å². The van der Waals surface area contributed by atoms with Gasteiger partial charge in [0.2, 0.25) is 5.91 Å². The normalized spacial score (nSPS) is 11.7. The van der Waals surface area contributed by atoms with Crippen molar-refractivity contribution in [2.45, 2.75) is 17.1 Å². The van der Waals surface area contributed by atoms with Crippen LogP contribution in [0.15, 0.2) is 108 Å². The first kappa shape index (κ1) is 30.0. The second-order valence-electron chi connectivity index (χ2n) is 8.90. The zero-order valence-electron chi connectivity index (χ0n) is 22.2. The Kier molecular flexibility index (Phi) is 10.1. The SMILES string of the molecule is CC(Sc1cccc(NC(=O)/C(=C/c2cccnc2)NC(=O)c2ccccc2)c1)C(=O)Nc1cc(C(=O)O)ccc1Cl. The number of benzene rings is 3. The first-order chi connectivity index (χ1) is 20.2. The summed E-state index contributed by atoms with van der Waals surface area (Å²) in [4.78, 5) is 55.0. The van der Waals surface area contributed by atoms with E-state index in [1.165, 1.54) is 36.0 Å². The van der Waals surface area contributed by atoms with E-state index in [9.17, 15) is 24.3 Å². The van der Waals surface area contributed by atoms with Crippen molar-refractivity contribution >= 4 is 64.5 Å². The molecule has 1 atom stereocenters. The number of rotatable bonds is 10. The Hall–Kier alpha value is -4.93. The highest BCUT2D eigenvalue weighted by molar-refractivity contribution is 8.00. The summed E-state index contributed by atoms with van der Waals surface area (Å²) in [6.07, 6.45) is 4.70. The summed E-state index contributed by atoms with van der Waals surface area (Å²) < 4.78 is 0. The van der Waals surface area contributed by atoms with Gasteiger partial charge in [-0.1, -0.05) is 41.9 Å². The average Bonchev–Trinajstić information content (AvgIpc) is 2.98. The van der Waals surface area contributed by atoms with Crippen molar-refractivity contribution in [1.29, 1.82) is 0 Å². The number of thioether (sulfide) groups is 1. The highest BCUT2D eigenvalue weighted by atomic mass is 35.5. The first-order valence-corrected chi connectivity index (χ1v) is 13.9. The molecule has 42 heavy (non-hydrogen) atoms. The number of carboxylic acid groups (broad SMARTS) is 1. The number of carbonyl (C=O) groups is 4. The summed E-state index contributed by atoms with van der Waals surface area (Å²) in [7, 11) is 0. The standard InChI is InChI=1S/C31H25ClN4O5S/c1-19(28(37)35-26-16-22(31(40)41)12-13-25(26)32)42-24-11-5-10-23(17-24)34-30(39)27(15-20-7-6-14-33-18-20)36-29(38)21-8-3-2-4-9-21/h2-19H,1H3,(H,34,39)(H,35,37)(H,36,38)(H,40,41)/b27-15-. The van der Waals surface area contributed by atoms with E-state index in [4.69, 9.17) is 11.6 Å². The van der Waals surface area contributed by atoms with Crippen LogP contribution in [0.3, 0.4) is 0 Å². The van der Waals surface area contributed by atoms with Gasteiger partial charge in [0.05, 0.1) is 21.5 Å². The van der Waals surface area contributed by atoms with Crippen LogP contribution in [-0.2, 0) is 9.59 Å². The fourth-order valence-electron chi connectivity index (χ4n) is 3.66. The van der Waals surface area contributed by atoms with Crippen LogP contribution in [0.2, 0.25) is 5.02 Å². The second-order valence-corrected chi connectivity index (χ2v) is 10.7. The minimum absolute atomic E-state index is 0.00430. The molecule has 9 nitrogen and oxygen atoms in total. The number of aromatic nitrogens is 1. The van der Waals surface area contributed by atoms with Crippen molar-refractivity contribution in [3.8, 4) is 0 Å². The lowest BCUT2D eigenvalue weighted by molar-refractivity contribution is -0.115. The van der Waals surface area contributed by atoms with Gasteiger partial charge in [-0.05, 0) is 73.2 Å². The quantitative estimate of drug-likeness (QED) is 0.130. The second kappa shape index (κ2) is 14.1. The van der Waals surface area contributed by atoms with Crippen LogP contribution in [0, 0.1) is 0 Å². The molecule has 1 heterocycles. The zero-order valence-corrected chi connectivity index (χ0v) is 23.8. The molecule has 4 N–H and O–H groups in total. The molecular formula is C31H25ClN4O5S. The number of aromatic carboxylic acids is 1. The molecule has 1 unspecified atom stereocenters. The van der Waals surface area contributed by atoms with Gasteiger partial charge in [-0.2, -0.15) is 0 Å². The molecule has 0 radical (unpaired) electrons. The van der Waals surface area contributed by atoms with Gasteiger partial charge in [0.1, 0.15) is 5.70 Å². The number of halogens is 1. The summed E-state index contributed by atoms with van der Waals surface area (Å²) in [5, 5.41) is 17.0. The monoisotopic (exact) mass is 600 g/mol. The molecule has 1 aromatic heterocycles. The molecule has 4 rings (SSSR count). The van der Waals surface area contributed by atoms with Crippen molar-refractivity contribution in [2.75, 3.05) is 10.6 Å². The molecule has 11 heteroatoms. The van der Waals surface area contributed by atoms with Crippen molar-refractivity contribution < 1.29 is 24.3 Å². The number of anilines is 2. The molecule has 0 saturated heterocycles. The van der Waals surface area contributed by atoms with Crippen LogP contribution in [0.1, 0.15) is 33.2 Å². The van der Waals surface area contributed by atoms with Crippen LogP contribution >= 0.6 is 23.4 Å². The maximum Gasteiger partial charge on any atom is 0.335 e. The van der Waals surface area contributed by atoms with E-state index in [1.54, 1.807) is 86.0 Å². The van der Waals surface area contributed by atoms with E-state index in [2.05, 4.69) is 20.9 Å². The molecular weight excluding hydrogens is 576 g/mol. The van der Waals surface area contributed by atoms with Crippen molar-refractivity contribution in [2.24, 2.45) is 0 Å². The third-order valence-corrected chi connectivity index (χ3v) is 7.19. The maximum atomic E-state index is 13.3. The summed E-state index contributed by atoms with van der Waals surface area (Å²) in [6, 6.07) is 22.9. The molecule has 0 aliphatic heterocycles. The summed E-state index contributed by atoms with van der Waals surface area (Å²) in [5.41, 5.74) is 1.66. The highest BCUT2D eigenvalue weighted by Crippen LogP contribution is 2.29. The number of pyridine rings is 1. The molecule has 3 amide bonds. The lowest BCUT2D eigenvalue weighted by Gasteiger charge is -2.15. The number of carboxylic acids is 1. The number of amides is 3. The molecule has 0 bridgehead atoms. The van der Waals surface area contributed by atoms with Gasteiger partial charge in [0.25, 0.3) is 11.8 Å². The third-order valence-electron chi connectivity index (χ3n) is 5.77. The average molecular weight is 601 g/mol. The number of hydrogen-bond acceptors (Lipinski definition) is 6. The fraction of sp³-hybridized carbons (Fsp3) is 0.0645. The molecule has 3 aromatic carbocycles. The van der Waals surface area contributed by atoms with Gasteiger partial charge >= 0.3 is 5.97 Å². The summed E-state index contributed by atoms with van der Waals surface area (Å²) in [5.74, 6) is -2.52. The van der Waals surface area contributed by atoms with E-state index in [0.717, 1.165) is 0 Å². The van der Waals surface area contributed by atoms with Gasteiger partial charge in [0, 0.05) is 28.5 Å². The van der Waals surface area contributed by atoms with Crippen LogP contribution in [-0.4, -0.2) is 39.0 Å². The highest BCUT2D eigenvalue weighted by Gasteiger charge is 2.19.